The van der Waals surface area contributed by atoms with Crippen LogP contribution in [-0.4, -0.2) is 144 Å². The molecule has 2 saturated heterocycles. The summed E-state index contributed by atoms with van der Waals surface area (Å²) in [6, 6.07) is -1.19. The molecule has 1 unspecified atom stereocenters. The van der Waals surface area contributed by atoms with Crippen molar-refractivity contribution >= 4 is 41.2 Å². The number of fused-ring (bicyclic) bond motifs is 3. The molecule has 428 valence electrons. The normalized spacial score (nSPS) is 33.9. The highest BCUT2D eigenvalue weighted by Gasteiger charge is 2.53. The number of aliphatic carboxylic acids is 1. The number of ether oxygens (including phenoxy) is 6. The molecule has 0 spiro atoms. The molecule has 4 rings (SSSR count). The lowest BCUT2D eigenvalue weighted by Crippen LogP contribution is -2.61. The molecule has 3 aliphatic heterocycles. The van der Waals surface area contributed by atoms with E-state index < -0.39 is 102 Å². The average Bonchev–Trinajstić information content (AvgIpc) is 3.39. The first-order valence-corrected chi connectivity index (χ1v) is 28.0. The monoisotopic (exact) mass is 1070 g/mol. The minimum Gasteiger partial charge on any atom is -0.481 e. The number of carboxylic acids is 1. The van der Waals surface area contributed by atoms with Crippen LogP contribution in [0.5, 0.6) is 0 Å². The summed E-state index contributed by atoms with van der Waals surface area (Å²) in [6.07, 6.45) is 13.5. The van der Waals surface area contributed by atoms with Gasteiger partial charge < -0.3 is 48.6 Å². The summed E-state index contributed by atoms with van der Waals surface area (Å²) < 4.78 is 35.7. The van der Waals surface area contributed by atoms with Crippen molar-refractivity contribution in [1.29, 1.82) is 0 Å². The summed E-state index contributed by atoms with van der Waals surface area (Å²) in [7, 11) is 4.51. The third kappa shape index (κ3) is 18.6. The van der Waals surface area contributed by atoms with Crippen LogP contribution in [0.3, 0.4) is 0 Å². The highest BCUT2D eigenvalue weighted by Crippen LogP contribution is 2.38. The molecule has 1 saturated carbocycles. The number of allylic oxidation sites excluding steroid dienone is 6. The lowest BCUT2D eigenvalue weighted by Gasteiger charge is -2.42. The molecule has 4 aliphatic rings. The van der Waals surface area contributed by atoms with Crippen molar-refractivity contribution in [3.05, 3.63) is 47.6 Å². The number of Topliss-reactive ketones (excluding diaryl/α,β-unsaturated/α-hetero) is 3. The first kappa shape index (κ1) is 64.1. The summed E-state index contributed by atoms with van der Waals surface area (Å²) >= 11 is 0. The van der Waals surface area contributed by atoms with Crippen LogP contribution in [0, 0.1) is 35.5 Å². The number of piperidine rings is 1. The van der Waals surface area contributed by atoms with Gasteiger partial charge in [-0.05, 0) is 120 Å². The Balaban J connectivity index is 1.63. The van der Waals surface area contributed by atoms with Crippen molar-refractivity contribution in [2.45, 2.75) is 219 Å². The highest BCUT2D eigenvalue weighted by atomic mass is 16.6. The van der Waals surface area contributed by atoms with Gasteiger partial charge in [-0.3, -0.25) is 28.8 Å². The van der Waals surface area contributed by atoms with Crippen molar-refractivity contribution in [2.75, 3.05) is 27.9 Å². The van der Waals surface area contributed by atoms with E-state index in [0.717, 1.165) is 12.0 Å². The Morgan fingerprint density at radius 2 is 1.54 bits per heavy atom. The summed E-state index contributed by atoms with van der Waals surface area (Å²) in [5, 5.41) is 32.5. The first-order chi connectivity index (χ1) is 36.0. The van der Waals surface area contributed by atoms with Gasteiger partial charge in [0.1, 0.15) is 24.4 Å². The third-order valence-electron chi connectivity index (χ3n) is 16.3. The number of unbranched alkanes of at least 4 members (excludes halogenated alkanes) is 3. The van der Waals surface area contributed by atoms with Gasteiger partial charge in [0.05, 0.1) is 24.4 Å². The molecule has 0 radical (unpaired) electrons. The number of cyclic esters (lactones) is 1. The van der Waals surface area contributed by atoms with E-state index >= 15 is 0 Å². The van der Waals surface area contributed by atoms with E-state index in [1.807, 2.05) is 58.1 Å². The smallest absolute Gasteiger partial charge is 0.329 e. The maximum Gasteiger partial charge on any atom is 0.329 e. The van der Waals surface area contributed by atoms with Gasteiger partial charge in [0, 0.05) is 71.3 Å². The Kier molecular flexibility index (Phi) is 26.4. The number of carboxylic acid groups (broad SMARTS) is 1. The summed E-state index contributed by atoms with van der Waals surface area (Å²) in [5.74, 6) is -9.57. The van der Waals surface area contributed by atoms with Gasteiger partial charge in [0.2, 0.25) is 5.79 Å². The predicted molar refractivity (Wildman–Crippen MR) is 284 cm³/mol. The number of amides is 1. The van der Waals surface area contributed by atoms with Crippen molar-refractivity contribution in [1.82, 2.24) is 4.90 Å². The van der Waals surface area contributed by atoms with E-state index in [2.05, 4.69) is 0 Å². The van der Waals surface area contributed by atoms with Gasteiger partial charge >= 0.3 is 17.9 Å². The Labute approximate surface area is 451 Å². The molecule has 2 bridgehead atoms. The van der Waals surface area contributed by atoms with Crippen molar-refractivity contribution < 1.29 is 77.3 Å². The van der Waals surface area contributed by atoms with Gasteiger partial charge in [0.25, 0.3) is 11.7 Å². The summed E-state index contributed by atoms with van der Waals surface area (Å²) in [6.45, 7) is 12.6. The number of hydrogen-bond acceptors (Lipinski definition) is 15. The van der Waals surface area contributed by atoms with Crippen LogP contribution in [0.2, 0.25) is 0 Å². The van der Waals surface area contributed by atoms with Gasteiger partial charge in [0.15, 0.2) is 11.6 Å². The fourth-order valence-corrected chi connectivity index (χ4v) is 11.4. The Morgan fingerprint density at radius 3 is 2.21 bits per heavy atom. The van der Waals surface area contributed by atoms with Gasteiger partial charge in [-0.25, -0.2) is 4.79 Å². The zero-order valence-corrected chi connectivity index (χ0v) is 47.1. The maximum absolute atomic E-state index is 14.6. The van der Waals surface area contributed by atoms with E-state index in [9.17, 15) is 43.8 Å². The topological polar surface area (TPSA) is 239 Å². The van der Waals surface area contributed by atoms with E-state index in [1.165, 1.54) is 12.0 Å². The Morgan fingerprint density at radius 1 is 0.829 bits per heavy atom. The molecule has 17 nitrogen and oxygen atoms in total. The number of carbonyl (C=O) groups is 7. The lowest BCUT2D eigenvalue weighted by molar-refractivity contribution is -0.265. The second kappa shape index (κ2) is 31.3. The second-order valence-corrected chi connectivity index (χ2v) is 22.4. The molecule has 17 heteroatoms. The second-order valence-electron chi connectivity index (χ2n) is 22.4. The van der Waals surface area contributed by atoms with E-state index in [-0.39, 0.29) is 67.2 Å². The van der Waals surface area contributed by atoms with Crippen LogP contribution < -0.4 is 0 Å². The number of aliphatic hydroxyl groups excluding tert-OH is 1. The molecule has 3 N–H and O–H groups in total. The standard InChI is InChI=1S/C59H91NO16/c1-36-20-14-13-15-21-37(2)48(71-8)34-44-27-25-42(7)59(70,76-44)56(67)57(68)60-29-19-18-22-45(60)58(69)75-49(35-46(61)38(3)31-41(6)54(66)55(73-10)53(65)40(5)30-36)39(4)32-43-26-28-47(50(33-43)72-9)74-52(64)24-17-12-11-16-23-51(62)63/h13-15,20-21,31,36,39-45,47-50,54-55,66,70H,11-12,16-19,22-30,32-35H2,1-10H3,(H,62,63)/t36-,39-,40-,41?,42-,43+,44+,45+,47-,48+,49+,50-,54-,55+,59-/m1/s1. The maximum atomic E-state index is 14.6. The minimum absolute atomic E-state index is 0.000237. The number of nitrogens with zero attached hydrogens (tertiary/aromatic N) is 1. The minimum atomic E-state index is -2.46. The number of esters is 2. The molecule has 1 amide bonds. The number of ketones is 3. The lowest BCUT2D eigenvalue weighted by atomic mass is 9.78. The van der Waals surface area contributed by atoms with Gasteiger partial charge in [-0.1, -0.05) is 83.9 Å². The quantitative estimate of drug-likeness (QED) is 0.0845. The molecule has 0 aromatic heterocycles. The molecule has 0 aromatic rings. The molecule has 3 heterocycles. The van der Waals surface area contributed by atoms with Gasteiger partial charge in [-0.2, -0.15) is 0 Å². The first-order valence-electron chi connectivity index (χ1n) is 28.0. The highest BCUT2D eigenvalue weighted by molar-refractivity contribution is 6.39. The van der Waals surface area contributed by atoms with Crippen LogP contribution in [0.15, 0.2) is 47.6 Å². The fraction of sp³-hybridized carbons (Fsp3) is 0.746. The molecule has 15 atom stereocenters. The zero-order chi connectivity index (χ0) is 56.3. The van der Waals surface area contributed by atoms with Crippen LogP contribution in [0.1, 0.15) is 164 Å². The molecule has 1 aliphatic carbocycles. The van der Waals surface area contributed by atoms with E-state index in [1.54, 1.807) is 41.1 Å². The van der Waals surface area contributed by atoms with Crippen molar-refractivity contribution in [2.24, 2.45) is 35.5 Å². The van der Waals surface area contributed by atoms with Crippen molar-refractivity contribution in [3.63, 3.8) is 0 Å². The Bertz CT molecular complexity index is 2080. The number of rotatable bonds is 14. The SMILES string of the molecule is CO[C@H]1C[C@@H]2CC[C@@H](C)[C@@](O)(O2)C(=O)C(=O)N2CCCC[C@H]2C(=O)O[C@H]([C@H](C)C[C@@H]2CC[C@@H](OC(=O)CCCCCCC(=O)O)[C@H](OC)C2)CC(=O)C(C)=CC(C)[C@@H](O)[C@@H](OC)C(=O)[C@H](C)C[C@H](C)C=CC=CC=C1C. The van der Waals surface area contributed by atoms with Crippen molar-refractivity contribution in [3.8, 4) is 0 Å². The van der Waals surface area contributed by atoms with Crippen LogP contribution in [0.25, 0.3) is 0 Å². The zero-order valence-electron chi connectivity index (χ0n) is 47.1. The van der Waals surface area contributed by atoms with E-state index in [4.69, 9.17) is 33.5 Å². The average molecular weight is 1070 g/mol. The van der Waals surface area contributed by atoms with Crippen LogP contribution in [0.4, 0.5) is 0 Å². The number of aliphatic hydroxyl groups is 2. The summed E-state index contributed by atoms with van der Waals surface area (Å²) in [5.41, 5.74) is 1.15. The fourth-order valence-electron chi connectivity index (χ4n) is 11.4. The molecular formula is C59H91NO16. The molecule has 0 aromatic carbocycles. The molecule has 3 fully saturated rings. The largest absolute Gasteiger partial charge is 0.481 e. The van der Waals surface area contributed by atoms with E-state index in [0.29, 0.717) is 83.5 Å². The van der Waals surface area contributed by atoms with Crippen LogP contribution in [-0.2, 0) is 62.0 Å². The molecular weight excluding hydrogens is 979 g/mol. The number of carbonyl (C=O) groups excluding carboxylic acids is 6. The van der Waals surface area contributed by atoms with Gasteiger partial charge in [-0.15, -0.1) is 0 Å². The third-order valence-corrected chi connectivity index (χ3v) is 16.3. The summed E-state index contributed by atoms with van der Waals surface area (Å²) in [4.78, 5) is 96.2. The predicted octanol–water partition coefficient (Wildman–Crippen LogP) is 8.16. The number of hydrogen-bond donors (Lipinski definition) is 3. The molecule has 76 heavy (non-hydrogen) atoms. The Hall–Kier alpha value is -4.39. The number of methoxy groups -OCH3 is 3. The van der Waals surface area contributed by atoms with Crippen LogP contribution >= 0.6 is 0 Å².